The molecule has 1 atom stereocenters. The zero-order chi connectivity index (χ0) is 13.1. The molecule has 0 saturated carbocycles. The van der Waals surface area contributed by atoms with Gasteiger partial charge in [0, 0.05) is 12.1 Å². The van der Waals surface area contributed by atoms with Crippen LogP contribution in [0.1, 0.15) is 17.3 Å². The second kappa shape index (κ2) is 5.39. The van der Waals surface area contributed by atoms with Crippen LogP contribution in [0.25, 0.3) is 0 Å². The van der Waals surface area contributed by atoms with Gasteiger partial charge in [-0.05, 0) is 17.7 Å². The van der Waals surface area contributed by atoms with Gasteiger partial charge in [-0.3, -0.25) is 10.5 Å². The molecule has 18 heavy (non-hydrogen) atoms. The smallest absolute Gasteiger partial charge is 0.161 e. The summed E-state index contributed by atoms with van der Waals surface area (Å²) in [4.78, 5) is 0. The molecule has 0 saturated heterocycles. The van der Waals surface area contributed by atoms with Crippen molar-refractivity contribution in [3.05, 3.63) is 46.7 Å². The van der Waals surface area contributed by atoms with E-state index in [-0.39, 0.29) is 6.04 Å². The molecule has 1 aromatic carbocycles. The normalized spacial score (nSPS) is 12.4. The summed E-state index contributed by atoms with van der Waals surface area (Å²) >= 11 is 5.88. The van der Waals surface area contributed by atoms with Gasteiger partial charge in [0.05, 0.1) is 19.3 Å². The second-order valence-electron chi connectivity index (χ2n) is 3.87. The fraction of sp³-hybridized carbons (Fsp3) is 0.250. The van der Waals surface area contributed by atoms with E-state index in [2.05, 4.69) is 10.5 Å². The van der Waals surface area contributed by atoms with Crippen LogP contribution in [-0.2, 0) is 7.05 Å². The molecule has 0 aliphatic heterocycles. The quantitative estimate of drug-likeness (QED) is 0.652. The molecule has 0 aliphatic carbocycles. The first kappa shape index (κ1) is 12.9. The number of benzene rings is 1. The summed E-state index contributed by atoms with van der Waals surface area (Å²) in [6.45, 7) is 0. The minimum Gasteiger partial charge on any atom is -0.493 e. The number of aryl methyl sites for hydroxylation is 1. The lowest BCUT2D eigenvalue weighted by molar-refractivity contribution is 0.401. The molecular formula is C12H15ClN4O. The number of ether oxygens (including phenoxy) is 1. The predicted octanol–water partition coefficient (Wildman–Crippen LogP) is 1.63. The van der Waals surface area contributed by atoms with Crippen molar-refractivity contribution in [2.24, 2.45) is 12.9 Å². The Bertz CT molecular complexity index is 523. The van der Waals surface area contributed by atoms with Crippen molar-refractivity contribution in [2.75, 3.05) is 7.11 Å². The highest BCUT2D eigenvalue weighted by molar-refractivity contribution is 6.30. The highest BCUT2D eigenvalue weighted by atomic mass is 35.5. The highest BCUT2D eigenvalue weighted by Crippen LogP contribution is 2.29. The standard InChI is InChI=1S/C12H15ClN4O/c1-17-12(10(18-2)7-15-17)11(16-14)8-3-5-9(13)6-4-8/h3-7,11,16H,14H2,1-2H3. The number of methoxy groups -OCH3 is 1. The topological polar surface area (TPSA) is 65.1 Å². The average molecular weight is 267 g/mol. The van der Waals surface area contributed by atoms with Gasteiger partial charge >= 0.3 is 0 Å². The largest absolute Gasteiger partial charge is 0.493 e. The fourth-order valence-electron chi connectivity index (χ4n) is 1.90. The van der Waals surface area contributed by atoms with Gasteiger partial charge < -0.3 is 4.74 Å². The summed E-state index contributed by atoms with van der Waals surface area (Å²) in [5.74, 6) is 6.34. The maximum Gasteiger partial charge on any atom is 0.161 e. The summed E-state index contributed by atoms with van der Waals surface area (Å²) in [7, 11) is 3.45. The number of nitrogens with two attached hydrogens (primary N) is 1. The lowest BCUT2D eigenvalue weighted by Crippen LogP contribution is -2.30. The molecular weight excluding hydrogens is 252 g/mol. The van der Waals surface area contributed by atoms with E-state index in [0.717, 1.165) is 11.3 Å². The highest BCUT2D eigenvalue weighted by Gasteiger charge is 2.21. The van der Waals surface area contributed by atoms with E-state index in [1.54, 1.807) is 18.0 Å². The molecule has 5 nitrogen and oxygen atoms in total. The maximum absolute atomic E-state index is 5.88. The van der Waals surface area contributed by atoms with Crippen LogP contribution in [0, 0.1) is 0 Å². The van der Waals surface area contributed by atoms with Gasteiger partial charge in [0.15, 0.2) is 5.75 Å². The van der Waals surface area contributed by atoms with Crippen molar-refractivity contribution in [1.82, 2.24) is 15.2 Å². The Balaban J connectivity index is 2.44. The van der Waals surface area contributed by atoms with Gasteiger partial charge in [0.25, 0.3) is 0 Å². The molecule has 0 amide bonds. The van der Waals surface area contributed by atoms with Crippen LogP contribution in [0.5, 0.6) is 5.75 Å². The maximum atomic E-state index is 5.88. The van der Waals surface area contributed by atoms with Gasteiger partial charge in [-0.2, -0.15) is 5.10 Å². The Morgan fingerprint density at radius 3 is 2.61 bits per heavy atom. The van der Waals surface area contributed by atoms with E-state index in [4.69, 9.17) is 22.2 Å². The fourth-order valence-corrected chi connectivity index (χ4v) is 2.03. The Morgan fingerprint density at radius 1 is 1.39 bits per heavy atom. The first-order valence-electron chi connectivity index (χ1n) is 5.45. The minimum atomic E-state index is -0.204. The van der Waals surface area contributed by atoms with E-state index in [0.29, 0.717) is 10.8 Å². The lowest BCUT2D eigenvalue weighted by Gasteiger charge is -2.18. The van der Waals surface area contributed by atoms with Crippen LogP contribution in [0.3, 0.4) is 0 Å². The number of aromatic nitrogens is 2. The Labute approximate surface area is 110 Å². The molecule has 0 bridgehead atoms. The van der Waals surface area contributed by atoms with E-state index < -0.39 is 0 Å². The SMILES string of the molecule is COc1cnn(C)c1C(NN)c1ccc(Cl)cc1. The summed E-state index contributed by atoms with van der Waals surface area (Å²) in [5.41, 5.74) is 4.62. The summed E-state index contributed by atoms with van der Waals surface area (Å²) in [5, 5.41) is 4.86. The number of hydrogen-bond donors (Lipinski definition) is 2. The lowest BCUT2D eigenvalue weighted by atomic mass is 10.0. The molecule has 0 aliphatic rings. The number of halogens is 1. The average Bonchev–Trinajstić information content (AvgIpc) is 2.74. The summed E-state index contributed by atoms with van der Waals surface area (Å²) in [6, 6.07) is 7.27. The van der Waals surface area contributed by atoms with Crippen molar-refractivity contribution >= 4 is 11.6 Å². The molecule has 0 fully saturated rings. The first-order valence-corrected chi connectivity index (χ1v) is 5.82. The Hall–Kier alpha value is -1.56. The zero-order valence-electron chi connectivity index (χ0n) is 10.2. The Kier molecular flexibility index (Phi) is 3.86. The van der Waals surface area contributed by atoms with Crippen molar-refractivity contribution in [3.63, 3.8) is 0 Å². The van der Waals surface area contributed by atoms with Crippen LogP contribution in [0.4, 0.5) is 0 Å². The number of hydrazine groups is 1. The molecule has 96 valence electrons. The number of rotatable bonds is 4. The number of hydrogen-bond acceptors (Lipinski definition) is 4. The first-order chi connectivity index (χ1) is 8.67. The molecule has 0 spiro atoms. The van der Waals surface area contributed by atoms with Crippen LogP contribution in [0.2, 0.25) is 5.02 Å². The van der Waals surface area contributed by atoms with Crippen LogP contribution in [0.15, 0.2) is 30.5 Å². The molecule has 2 aromatic rings. The van der Waals surface area contributed by atoms with E-state index >= 15 is 0 Å². The molecule has 1 heterocycles. The van der Waals surface area contributed by atoms with Crippen molar-refractivity contribution in [2.45, 2.75) is 6.04 Å². The second-order valence-corrected chi connectivity index (χ2v) is 4.31. The molecule has 3 N–H and O–H groups in total. The minimum absolute atomic E-state index is 0.204. The molecule has 2 rings (SSSR count). The summed E-state index contributed by atoms with van der Waals surface area (Å²) < 4.78 is 7.02. The third-order valence-corrected chi connectivity index (χ3v) is 3.06. The van der Waals surface area contributed by atoms with Gasteiger partial charge in [-0.25, -0.2) is 5.43 Å². The van der Waals surface area contributed by atoms with Crippen molar-refractivity contribution in [3.8, 4) is 5.75 Å². The van der Waals surface area contributed by atoms with Crippen LogP contribution < -0.4 is 16.0 Å². The zero-order valence-corrected chi connectivity index (χ0v) is 11.0. The van der Waals surface area contributed by atoms with Gasteiger partial charge in [-0.15, -0.1) is 0 Å². The third-order valence-electron chi connectivity index (χ3n) is 2.81. The van der Waals surface area contributed by atoms with Crippen LogP contribution >= 0.6 is 11.6 Å². The number of nitrogens with zero attached hydrogens (tertiary/aromatic N) is 2. The molecule has 6 heteroatoms. The van der Waals surface area contributed by atoms with Crippen molar-refractivity contribution < 1.29 is 4.74 Å². The third kappa shape index (κ3) is 2.33. The molecule has 1 aromatic heterocycles. The van der Waals surface area contributed by atoms with Gasteiger partial charge in [0.1, 0.15) is 5.69 Å². The summed E-state index contributed by atoms with van der Waals surface area (Å²) in [6.07, 6.45) is 1.66. The van der Waals surface area contributed by atoms with E-state index in [1.165, 1.54) is 0 Å². The molecule has 1 unspecified atom stereocenters. The van der Waals surface area contributed by atoms with Gasteiger partial charge in [-0.1, -0.05) is 23.7 Å². The molecule has 0 radical (unpaired) electrons. The Morgan fingerprint density at radius 2 is 2.06 bits per heavy atom. The van der Waals surface area contributed by atoms with Crippen molar-refractivity contribution in [1.29, 1.82) is 0 Å². The van der Waals surface area contributed by atoms with Crippen LogP contribution in [-0.4, -0.2) is 16.9 Å². The van der Waals surface area contributed by atoms with E-state index in [9.17, 15) is 0 Å². The van der Waals surface area contributed by atoms with Gasteiger partial charge in [0.2, 0.25) is 0 Å². The monoisotopic (exact) mass is 266 g/mol. The predicted molar refractivity (Wildman–Crippen MR) is 70.4 cm³/mol. The van der Waals surface area contributed by atoms with E-state index in [1.807, 2.05) is 31.3 Å². The number of nitrogens with one attached hydrogen (secondary N) is 1.